The summed E-state index contributed by atoms with van der Waals surface area (Å²) >= 11 is 9.07. The molecule has 120 valence electrons. The number of benzene rings is 3. The van der Waals surface area contributed by atoms with Gasteiger partial charge in [0.05, 0.1) is 0 Å². The molecule has 5 heteroatoms. The Morgan fingerprint density at radius 2 is 1.25 bits per heavy atom. The second-order valence-electron chi connectivity index (χ2n) is 5.11. The first kappa shape index (κ1) is 17.2. The molecule has 0 radical (unpaired) electrons. The predicted molar refractivity (Wildman–Crippen MR) is 102 cm³/mol. The fraction of sp³-hybridized carbons (Fsp3) is 0. The third-order valence-corrected chi connectivity index (χ3v) is 9.24. The Labute approximate surface area is 153 Å². The third-order valence-electron chi connectivity index (χ3n) is 3.48. The van der Waals surface area contributed by atoms with Crippen LogP contribution in [0.5, 0.6) is 0 Å². The van der Waals surface area contributed by atoms with Crippen LogP contribution in [0.2, 0.25) is 5.02 Å². The monoisotopic (exact) mass is 420 g/mol. The van der Waals surface area contributed by atoms with Gasteiger partial charge < -0.3 is 0 Å². The van der Waals surface area contributed by atoms with Crippen LogP contribution in [0.15, 0.2) is 84.9 Å². The summed E-state index contributed by atoms with van der Waals surface area (Å²) in [5, 5.41) is 2.53. The van der Waals surface area contributed by atoms with Crippen LogP contribution < -0.4 is 10.6 Å². The summed E-state index contributed by atoms with van der Waals surface area (Å²) in [6.07, 6.45) is 0. The van der Waals surface area contributed by atoms with E-state index in [-0.39, 0.29) is 5.97 Å². The number of hydrogen-bond acceptors (Lipinski definition) is 2. The molecule has 0 amide bonds. The van der Waals surface area contributed by atoms with Crippen LogP contribution in [-0.4, -0.2) is 21.1 Å². The van der Waals surface area contributed by atoms with Gasteiger partial charge in [-0.05, 0) is 0 Å². The van der Waals surface area contributed by atoms with Crippen molar-refractivity contribution in [3.8, 4) is 0 Å². The molecule has 0 aliphatic carbocycles. The van der Waals surface area contributed by atoms with Crippen LogP contribution in [0.3, 0.4) is 0 Å². The van der Waals surface area contributed by atoms with E-state index >= 15 is 0 Å². The van der Waals surface area contributed by atoms with Gasteiger partial charge >= 0.3 is 154 Å². The molecule has 0 spiro atoms. The van der Waals surface area contributed by atoms with Crippen molar-refractivity contribution in [2.45, 2.75) is 0 Å². The van der Waals surface area contributed by atoms with Gasteiger partial charge in [-0.15, -0.1) is 0 Å². The first-order chi connectivity index (χ1) is 11.6. The molecule has 3 rings (SSSR count). The maximum atomic E-state index is 12.7. The van der Waals surface area contributed by atoms with Crippen molar-refractivity contribution in [2.24, 2.45) is 0 Å². The van der Waals surface area contributed by atoms with E-state index in [1.165, 1.54) is 0 Å². The maximum absolute atomic E-state index is 12.7. The fourth-order valence-corrected chi connectivity index (χ4v) is 6.32. The SMILES string of the molecule is O=C(OP(=[Se])(c1ccccc1)c1ccccc1)c1ccc(Cl)cc1. The topological polar surface area (TPSA) is 26.3 Å². The van der Waals surface area contributed by atoms with Crippen LogP contribution in [0.4, 0.5) is 0 Å². The van der Waals surface area contributed by atoms with Gasteiger partial charge in [0.15, 0.2) is 0 Å². The molecule has 0 heterocycles. The van der Waals surface area contributed by atoms with E-state index in [2.05, 4.69) is 15.1 Å². The molecule has 3 aromatic rings. The molecule has 0 fully saturated rings. The van der Waals surface area contributed by atoms with Crippen molar-refractivity contribution in [3.63, 3.8) is 0 Å². The van der Waals surface area contributed by atoms with Gasteiger partial charge in [-0.25, -0.2) is 0 Å². The Balaban J connectivity index is 2.02. The van der Waals surface area contributed by atoms with Crippen LogP contribution in [0, 0.1) is 0 Å². The molecule has 3 aromatic carbocycles. The van der Waals surface area contributed by atoms with Gasteiger partial charge in [-0.2, -0.15) is 0 Å². The van der Waals surface area contributed by atoms with Gasteiger partial charge in [-0.3, -0.25) is 0 Å². The summed E-state index contributed by atoms with van der Waals surface area (Å²) in [7, 11) is 0. The molecule has 0 aliphatic rings. The average Bonchev–Trinajstić information content (AvgIpc) is 2.63. The van der Waals surface area contributed by atoms with Crippen molar-refractivity contribution in [1.82, 2.24) is 0 Å². The van der Waals surface area contributed by atoms with E-state index in [9.17, 15) is 4.79 Å². The first-order valence-electron chi connectivity index (χ1n) is 7.30. The summed E-state index contributed by atoms with van der Waals surface area (Å²) < 4.78 is 6.01. The van der Waals surface area contributed by atoms with E-state index in [1.807, 2.05) is 60.7 Å². The van der Waals surface area contributed by atoms with Gasteiger partial charge in [0.2, 0.25) is 0 Å². The van der Waals surface area contributed by atoms with E-state index in [4.69, 9.17) is 16.1 Å². The molecule has 0 aromatic heterocycles. The molecule has 0 atom stereocenters. The Hall–Kier alpha value is -1.63. The van der Waals surface area contributed by atoms with Gasteiger partial charge in [0.25, 0.3) is 0 Å². The van der Waals surface area contributed by atoms with Crippen LogP contribution in [0.1, 0.15) is 10.4 Å². The van der Waals surface area contributed by atoms with Crippen molar-refractivity contribution >= 4 is 49.0 Å². The number of hydrogen-bond donors (Lipinski definition) is 0. The van der Waals surface area contributed by atoms with Gasteiger partial charge in [-0.1, -0.05) is 0 Å². The summed E-state index contributed by atoms with van der Waals surface area (Å²) in [6, 6.07) is 26.3. The van der Waals surface area contributed by atoms with Crippen LogP contribution in [-0.2, 0) is 4.52 Å². The third kappa shape index (κ3) is 3.71. The molecule has 24 heavy (non-hydrogen) atoms. The molecule has 0 saturated heterocycles. The molecule has 0 bridgehead atoms. The Morgan fingerprint density at radius 1 is 0.792 bits per heavy atom. The van der Waals surface area contributed by atoms with Crippen molar-refractivity contribution in [2.75, 3.05) is 0 Å². The summed E-state index contributed by atoms with van der Waals surface area (Å²) in [5.41, 5.74) is -1.94. The quantitative estimate of drug-likeness (QED) is 0.469. The molecule has 0 aliphatic heterocycles. The minimum atomic E-state index is -2.42. The minimum absolute atomic E-state index is 0.369. The molecule has 0 N–H and O–H groups in total. The van der Waals surface area contributed by atoms with E-state index in [0.717, 1.165) is 10.6 Å². The first-order valence-corrected chi connectivity index (χ1v) is 11.6. The Kier molecular flexibility index (Phi) is 5.38. The average molecular weight is 420 g/mol. The summed E-state index contributed by atoms with van der Waals surface area (Å²) in [4.78, 5) is 12.7. The second-order valence-corrected chi connectivity index (χ2v) is 11.1. The van der Waals surface area contributed by atoms with Crippen molar-refractivity contribution < 1.29 is 9.32 Å². The predicted octanol–water partition coefficient (Wildman–Crippen LogP) is 4.16. The molecule has 2 nitrogen and oxygen atoms in total. The fourth-order valence-electron chi connectivity index (χ4n) is 2.26. The van der Waals surface area contributed by atoms with Crippen molar-refractivity contribution in [3.05, 3.63) is 95.5 Å². The summed E-state index contributed by atoms with van der Waals surface area (Å²) in [6.45, 7) is 0. The zero-order chi connectivity index (χ0) is 17.0. The summed E-state index contributed by atoms with van der Waals surface area (Å²) in [5.74, 6) is -0.369. The zero-order valence-corrected chi connectivity index (χ0v) is 16.0. The standard InChI is InChI=1S/C19H14ClO2PSe/c20-16-13-11-15(12-14-16)19(21)22-23(24,17-7-3-1-4-8-17)18-9-5-2-6-10-18/h1-14H. The number of halogens is 1. The zero-order valence-electron chi connectivity index (χ0n) is 12.6. The second kappa shape index (κ2) is 7.51. The Bertz CT molecular complexity index is 837. The molecule has 0 unspecified atom stereocenters. The normalized spacial score (nSPS) is 11.0. The van der Waals surface area contributed by atoms with Gasteiger partial charge in [0.1, 0.15) is 0 Å². The molecule has 0 saturated carbocycles. The van der Waals surface area contributed by atoms with Crippen LogP contribution in [0.25, 0.3) is 0 Å². The molecular weight excluding hydrogens is 406 g/mol. The van der Waals surface area contributed by atoms with E-state index in [1.54, 1.807) is 24.3 Å². The Morgan fingerprint density at radius 3 is 1.71 bits per heavy atom. The number of carbonyl (C=O) groups is 1. The van der Waals surface area contributed by atoms with E-state index in [0.29, 0.717) is 10.6 Å². The number of carbonyl (C=O) groups excluding carboxylic acids is 1. The van der Waals surface area contributed by atoms with E-state index < -0.39 is 5.74 Å². The van der Waals surface area contributed by atoms with Gasteiger partial charge in [0, 0.05) is 0 Å². The van der Waals surface area contributed by atoms with Crippen molar-refractivity contribution in [1.29, 1.82) is 0 Å². The number of rotatable bonds is 4. The van der Waals surface area contributed by atoms with Crippen LogP contribution >= 0.6 is 17.3 Å². The molecular formula is C19H14ClO2PSe.